The van der Waals surface area contributed by atoms with Crippen molar-refractivity contribution < 1.29 is 4.79 Å². The van der Waals surface area contributed by atoms with E-state index in [0.717, 1.165) is 37.0 Å². The van der Waals surface area contributed by atoms with Gasteiger partial charge in [-0.3, -0.25) is 4.79 Å². The van der Waals surface area contributed by atoms with E-state index in [1.807, 2.05) is 0 Å². The first-order chi connectivity index (χ1) is 8.11. The van der Waals surface area contributed by atoms with Gasteiger partial charge in [-0.05, 0) is 63.2 Å². The van der Waals surface area contributed by atoms with Crippen LogP contribution in [0.5, 0.6) is 0 Å². The first kappa shape index (κ1) is 11.1. The van der Waals surface area contributed by atoms with E-state index in [0.29, 0.717) is 0 Å². The van der Waals surface area contributed by atoms with Crippen LogP contribution in [-0.4, -0.2) is 11.9 Å². The van der Waals surface area contributed by atoms with Gasteiger partial charge < -0.3 is 5.32 Å². The lowest BCUT2D eigenvalue weighted by atomic mass is 9.49. The number of carbonyl (C=O) groups is 1. The molecule has 1 N–H and O–H groups in total. The number of nitrogens with one attached hydrogen (secondary N) is 1. The van der Waals surface area contributed by atoms with Crippen LogP contribution in [-0.2, 0) is 4.79 Å². The van der Waals surface area contributed by atoms with Gasteiger partial charge in [0.2, 0.25) is 5.91 Å². The molecule has 4 fully saturated rings. The maximum Gasteiger partial charge on any atom is 0.227 e. The van der Waals surface area contributed by atoms with Crippen molar-refractivity contribution in [2.45, 2.75) is 51.5 Å². The second-order valence-electron chi connectivity index (χ2n) is 6.52. The average Bonchev–Trinajstić information content (AvgIpc) is 2.26. The smallest absolute Gasteiger partial charge is 0.227 e. The van der Waals surface area contributed by atoms with Gasteiger partial charge in [-0.15, -0.1) is 0 Å². The van der Waals surface area contributed by atoms with Crippen LogP contribution in [0.15, 0.2) is 0 Å². The largest absolute Gasteiger partial charge is 0.340 e. The predicted molar refractivity (Wildman–Crippen MR) is 63.8 cm³/mol. The molecule has 1 amide bonds. The summed E-state index contributed by atoms with van der Waals surface area (Å²) >= 11 is 0. The maximum atomic E-state index is 12.4. The van der Waals surface area contributed by atoms with Crippen molar-refractivity contribution in [3.05, 3.63) is 0 Å². The minimum absolute atomic E-state index is 0.111. The van der Waals surface area contributed by atoms with Crippen LogP contribution in [0.4, 0.5) is 0 Å². The molecule has 0 spiro atoms. The quantitative estimate of drug-likeness (QED) is 0.793. The monoisotopic (exact) mass is 232 g/mol. The van der Waals surface area contributed by atoms with Gasteiger partial charge in [0, 0.05) is 5.41 Å². The van der Waals surface area contributed by atoms with Crippen LogP contribution in [0.1, 0.15) is 45.4 Å². The summed E-state index contributed by atoms with van der Waals surface area (Å²) in [6.07, 6.45) is 7.26. The number of nitriles is 1. The molecule has 0 aromatic heterocycles. The summed E-state index contributed by atoms with van der Waals surface area (Å²) in [5.41, 5.74) is -0.111. The minimum Gasteiger partial charge on any atom is -0.340 e. The molecule has 4 aliphatic carbocycles. The number of hydrogen-bond donors (Lipinski definition) is 1. The van der Waals surface area contributed by atoms with Gasteiger partial charge >= 0.3 is 0 Å². The summed E-state index contributed by atoms with van der Waals surface area (Å²) in [7, 11) is 0. The number of amides is 1. The average molecular weight is 232 g/mol. The summed E-state index contributed by atoms with van der Waals surface area (Å²) < 4.78 is 0. The fourth-order valence-electron chi connectivity index (χ4n) is 4.77. The molecule has 17 heavy (non-hydrogen) atoms. The van der Waals surface area contributed by atoms with Gasteiger partial charge in [0.1, 0.15) is 6.04 Å². The highest BCUT2D eigenvalue weighted by atomic mass is 16.2. The Morgan fingerprint density at radius 1 is 1.24 bits per heavy atom. The number of hydrogen-bond acceptors (Lipinski definition) is 2. The maximum absolute atomic E-state index is 12.4. The zero-order valence-electron chi connectivity index (χ0n) is 10.4. The highest BCUT2D eigenvalue weighted by molar-refractivity contribution is 5.83. The molecule has 1 unspecified atom stereocenters. The van der Waals surface area contributed by atoms with E-state index in [2.05, 4.69) is 11.4 Å². The van der Waals surface area contributed by atoms with Gasteiger partial charge in [-0.2, -0.15) is 5.26 Å². The molecule has 3 nitrogen and oxygen atoms in total. The van der Waals surface area contributed by atoms with E-state index in [9.17, 15) is 4.79 Å². The van der Waals surface area contributed by atoms with E-state index in [-0.39, 0.29) is 17.4 Å². The molecule has 4 aliphatic rings. The Bertz CT molecular complexity index is 347. The highest BCUT2D eigenvalue weighted by Gasteiger charge is 2.54. The van der Waals surface area contributed by atoms with Crippen molar-refractivity contribution in [3.8, 4) is 6.07 Å². The molecule has 0 radical (unpaired) electrons. The Morgan fingerprint density at radius 3 is 2.12 bits per heavy atom. The summed E-state index contributed by atoms with van der Waals surface area (Å²) in [4.78, 5) is 12.4. The van der Waals surface area contributed by atoms with E-state index >= 15 is 0 Å². The third kappa shape index (κ3) is 1.74. The van der Waals surface area contributed by atoms with Crippen molar-refractivity contribution in [2.75, 3.05) is 0 Å². The molecule has 4 saturated carbocycles. The Morgan fingerprint density at radius 2 is 1.71 bits per heavy atom. The lowest BCUT2D eigenvalue weighted by Crippen LogP contribution is -2.54. The van der Waals surface area contributed by atoms with Crippen molar-refractivity contribution in [1.29, 1.82) is 5.26 Å². The number of nitrogens with zero attached hydrogens (tertiary/aromatic N) is 1. The fourth-order valence-corrected chi connectivity index (χ4v) is 4.77. The van der Waals surface area contributed by atoms with E-state index < -0.39 is 0 Å². The van der Waals surface area contributed by atoms with E-state index in [1.165, 1.54) is 19.3 Å². The van der Waals surface area contributed by atoms with Crippen LogP contribution >= 0.6 is 0 Å². The van der Waals surface area contributed by atoms with Gasteiger partial charge in [0.15, 0.2) is 0 Å². The van der Waals surface area contributed by atoms with Gasteiger partial charge in [-0.1, -0.05) is 0 Å². The van der Waals surface area contributed by atoms with Crippen LogP contribution in [0.25, 0.3) is 0 Å². The molecule has 4 bridgehead atoms. The molecule has 1 atom stereocenters. The zero-order valence-corrected chi connectivity index (χ0v) is 10.4. The predicted octanol–water partition coefficient (Wildman–Crippen LogP) is 2.23. The summed E-state index contributed by atoms with van der Waals surface area (Å²) in [6.45, 7) is 1.76. The lowest BCUT2D eigenvalue weighted by molar-refractivity contribution is -0.146. The zero-order chi connectivity index (χ0) is 12.0. The molecular weight excluding hydrogens is 212 g/mol. The number of carbonyl (C=O) groups excluding carboxylic acids is 1. The molecule has 92 valence electrons. The second kappa shape index (κ2) is 3.73. The van der Waals surface area contributed by atoms with Crippen molar-refractivity contribution >= 4 is 5.91 Å². The van der Waals surface area contributed by atoms with Crippen LogP contribution in [0.2, 0.25) is 0 Å². The SMILES string of the molecule is CC(C#N)NC(=O)C12CC3CC(CC(C3)C1)C2. The Labute approximate surface area is 103 Å². The normalized spacial score (nSPS) is 44.1. The third-order valence-electron chi connectivity index (χ3n) is 5.06. The Hall–Kier alpha value is -1.04. The minimum atomic E-state index is -0.351. The molecule has 3 heteroatoms. The molecule has 0 aliphatic heterocycles. The fraction of sp³-hybridized carbons (Fsp3) is 0.857. The van der Waals surface area contributed by atoms with Gasteiger partial charge in [-0.25, -0.2) is 0 Å². The molecule has 0 aromatic carbocycles. The second-order valence-corrected chi connectivity index (χ2v) is 6.52. The summed E-state index contributed by atoms with van der Waals surface area (Å²) in [6, 6.07) is 1.74. The molecule has 0 heterocycles. The lowest BCUT2D eigenvalue weighted by Gasteiger charge is -2.55. The van der Waals surface area contributed by atoms with Crippen LogP contribution in [0.3, 0.4) is 0 Å². The van der Waals surface area contributed by atoms with Crippen molar-refractivity contribution in [1.82, 2.24) is 5.32 Å². The first-order valence-corrected chi connectivity index (χ1v) is 6.82. The molecular formula is C14H20N2O. The Kier molecular flexibility index (Phi) is 2.43. The van der Waals surface area contributed by atoms with Crippen molar-refractivity contribution in [3.63, 3.8) is 0 Å². The summed E-state index contributed by atoms with van der Waals surface area (Å²) in [5, 5.41) is 11.7. The van der Waals surface area contributed by atoms with E-state index in [1.54, 1.807) is 6.92 Å². The molecule has 4 rings (SSSR count). The van der Waals surface area contributed by atoms with Crippen molar-refractivity contribution in [2.24, 2.45) is 23.2 Å². The first-order valence-electron chi connectivity index (χ1n) is 6.82. The van der Waals surface area contributed by atoms with Gasteiger partial charge in [0.05, 0.1) is 6.07 Å². The van der Waals surface area contributed by atoms with Crippen LogP contribution in [0, 0.1) is 34.5 Å². The number of rotatable bonds is 2. The van der Waals surface area contributed by atoms with Gasteiger partial charge in [0.25, 0.3) is 0 Å². The standard InChI is InChI=1S/C14H20N2O/c1-9(8-15)16-13(17)14-5-10-2-11(6-14)4-12(3-10)7-14/h9-12H,2-7H2,1H3,(H,16,17). The van der Waals surface area contributed by atoms with Crippen LogP contribution < -0.4 is 5.32 Å². The summed E-state index contributed by atoms with van der Waals surface area (Å²) in [5.74, 6) is 2.50. The molecule has 0 saturated heterocycles. The highest BCUT2D eigenvalue weighted by Crippen LogP contribution is 2.60. The third-order valence-corrected chi connectivity index (χ3v) is 5.06. The molecule has 0 aromatic rings. The topological polar surface area (TPSA) is 52.9 Å². The Balaban J connectivity index is 1.78. The van der Waals surface area contributed by atoms with E-state index in [4.69, 9.17) is 5.26 Å².